The Morgan fingerprint density at radius 1 is 0.974 bits per heavy atom. The number of para-hydroxylation sites is 1. The van der Waals surface area contributed by atoms with Crippen molar-refractivity contribution in [1.82, 2.24) is 4.98 Å². The lowest BCUT2D eigenvalue weighted by atomic mass is 10.1. The first kappa shape index (κ1) is 24.3. The van der Waals surface area contributed by atoms with Crippen LogP contribution in [0.2, 0.25) is 0 Å². The zero-order valence-electron chi connectivity index (χ0n) is 21.0. The Balaban J connectivity index is 1.39. The Kier molecular flexibility index (Phi) is 6.39. The predicted molar refractivity (Wildman–Crippen MR) is 151 cm³/mol. The molecule has 0 fully saturated rings. The Morgan fingerprint density at radius 3 is 2.61 bits per heavy atom. The highest BCUT2D eigenvalue weighted by atomic mass is 32.1. The van der Waals surface area contributed by atoms with Gasteiger partial charge >= 0.3 is 0 Å². The third-order valence-electron chi connectivity index (χ3n) is 6.43. The number of thiophene rings is 1. The average molecular weight is 545 g/mol. The van der Waals surface area contributed by atoms with Crippen LogP contribution in [0.25, 0.3) is 20.8 Å². The highest BCUT2D eigenvalue weighted by Gasteiger charge is 2.23. The summed E-state index contributed by atoms with van der Waals surface area (Å²) >= 11 is 3.19. The number of methoxy groups -OCH3 is 2. The number of anilines is 1. The van der Waals surface area contributed by atoms with Crippen LogP contribution < -0.4 is 24.3 Å². The summed E-state index contributed by atoms with van der Waals surface area (Å²) in [6.45, 7) is 2.33. The zero-order chi connectivity index (χ0) is 26.2. The number of nitrogens with one attached hydrogen (secondary N) is 1. The van der Waals surface area contributed by atoms with Gasteiger partial charge in [-0.3, -0.25) is 4.79 Å². The Labute approximate surface area is 227 Å². The molecule has 7 nitrogen and oxygen atoms in total. The first-order valence-corrected chi connectivity index (χ1v) is 13.6. The van der Waals surface area contributed by atoms with E-state index in [1.807, 2.05) is 36.4 Å². The van der Waals surface area contributed by atoms with Crippen molar-refractivity contribution >= 4 is 43.8 Å². The van der Waals surface area contributed by atoms with Gasteiger partial charge in [0.2, 0.25) is 6.79 Å². The molecule has 0 aliphatic carbocycles. The summed E-state index contributed by atoms with van der Waals surface area (Å²) in [5.41, 5.74) is 4.55. The van der Waals surface area contributed by atoms with E-state index in [4.69, 9.17) is 23.9 Å². The van der Waals surface area contributed by atoms with Gasteiger partial charge in [-0.05, 0) is 60.5 Å². The molecule has 38 heavy (non-hydrogen) atoms. The second kappa shape index (κ2) is 10.00. The van der Waals surface area contributed by atoms with Gasteiger partial charge in [-0.1, -0.05) is 18.2 Å². The van der Waals surface area contributed by atoms with Gasteiger partial charge in [0.1, 0.15) is 10.0 Å². The number of thiazole rings is 1. The summed E-state index contributed by atoms with van der Waals surface area (Å²) < 4.78 is 22.9. The van der Waals surface area contributed by atoms with E-state index in [2.05, 4.69) is 18.3 Å². The molecule has 0 saturated carbocycles. The molecular formula is C29H24N2O5S2. The normalized spacial score (nSPS) is 12.1. The standard InChI is InChI=1S/C29H24N2O5S2/c1-16-25(13-17-8-10-21-23(12-17)36-15-35-21)38-29(26(16)28-30-19-6-4-5-7-24(19)37-28)31-27(32)18-9-11-20(33-2)22(14-18)34-3/h4-12,14H,13,15H2,1-3H3,(H,31,32). The number of rotatable bonds is 7. The van der Waals surface area contributed by atoms with Crippen LogP contribution in [0.1, 0.15) is 26.4 Å². The number of ether oxygens (including phenoxy) is 4. The lowest BCUT2D eigenvalue weighted by Crippen LogP contribution is -2.11. The monoisotopic (exact) mass is 544 g/mol. The summed E-state index contributed by atoms with van der Waals surface area (Å²) in [7, 11) is 3.12. The Morgan fingerprint density at radius 2 is 1.79 bits per heavy atom. The minimum absolute atomic E-state index is 0.232. The number of hydrogen-bond acceptors (Lipinski definition) is 8. The van der Waals surface area contributed by atoms with Crippen LogP contribution in [0.3, 0.4) is 0 Å². The summed E-state index contributed by atoms with van der Waals surface area (Å²) in [6.07, 6.45) is 0.692. The van der Waals surface area contributed by atoms with Crippen LogP contribution in [0.4, 0.5) is 5.00 Å². The molecule has 3 heterocycles. The fourth-order valence-electron chi connectivity index (χ4n) is 4.44. The van der Waals surface area contributed by atoms with E-state index in [9.17, 15) is 4.79 Å². The second-order valence-electron chi connectivity index (χ2n) is 8.73. The number of benzene rings is 3. The number of carbonyl (C=O) groups excluding carboxylic acids is 1. The molecule has 1 aliphatic rings. The van der Waals surface area contributed by atoms with Crippen molar-refractivity contribution in [3.05, 3.63) is 82.2 Å². The maximum absolute atomic E-state index is 13.4. The number of nitrogens with zero attached hydrogens (tertiary/aromatic N) is 1. The van der Waals surface area contributed by atoms with Gasteiger partial charge in [-0.25, -0.2) is 4.98 Å². The third-order valence-corrected chi connectivity index (χ3v) is 8.69. The van der Waals surface area contributed by atoms with Crippen molar-refractivity contribution in [3.8, 4) is 33.6 Å². The molecule has 192 valence electrons. The molecule has 5 aromatic rings. The number of hydrogen-bond donors (Lipinski definition) is 1. The van der Waals surface area contributed by atoms with E-state index in [-0.39, 0.29) is 12.7 Å². The first-order chi connectivity index (χ1) is 18.5. The second-order valence-corrected chi connectivity index (χ2v) is 10.9. The quantitative estimate of drug-likeness (QED) is 0.240. The van der Waals surface area contributed by atoms with Crippen molar-refractivity contribution in [2.24, 2.45) is 0 Å². The van der Waals surface area contributed by atoms with Crippen LogP contribution in [-0.2, 0) is 6.42 Å². The van der Waals surface area contributed by atoms with Gasteiger partial charge in [-0.2, -0.15) is 0 Å². The summed E-state index contributed by atoms with van der Waals surface area (Å²) in [4.78, 5) is 19.4. The smallest absolute Gasteiger partial charge is 0.256 e. The van der Waals surface area contributed by atoms with E-state index < -0.39 is 0 Å². The molecule has 0 spiro atoms. The van der Waals surface area contributed by atoms with Crippen LogP contribution in [0, 0.1) is 6.92 Å². The summed E-state index contributed by atoms with van der Waals surface area (Å²) in [6, 6.07) is 19.2. The molecular weight excluding hydrogens is 520 g/mol. The van der Waals surface area contributed by atoms with E-state index in [1.165, 1.54) is 0 Å². The van der Waals surface area contributed by atoms with Crippen molar-refractivity contribution in [2.75, 3.05) is 26.3 Å². The highest BCUT2D eigenvalue weighted by Crippen LogP contribution is 2.45. The number of fused-ring (bicyclic) bond motifs is 2. The minimum Gasteiger partial charge on any atom is -0.493 e. The maximum atomic E-state index is 13.4. The molecule has 0 saturated heterocycles. The van der Waals surface area contributed by atoms with Crippen LogP contribution in [0.5, 0.6) is 23.0 Å². The van der Waals surface area contributed by atoms with Crippen molar-refractivity contribution in [2.45, 2.75) is 13.3 Å². The first-order valence-electron chi connectivity index (χ1n) is 11.9. The molecule has 2 aromatic heterocycles. The van der Waals surface area contributed by atoms with Gasteiger partial charge in [0.15, 0.2) is 23.0 Å². The van der Waals surface area contributed by atoms with E-state index in [1.54, 1.807) is 55.1 Å². The van der Waals surface area contributed by atoms with E-state index in [0.29, 0.717) is 23.5 Å². The minimum atomic E-state index is -0.232. The lowest BCUT2D eigenvalue weighted by Gasteiger charge is -2.10. The van der Waals surface area contributed by atoms with Gasteiger partial charge in [0, 0.05) is 22.4 Å². The molecule has 3 aromatic carbocycles. The SMILES string of the molecule is COc1ccc(C(=O)Nc2sc(Cc3ccc4c(c3)OCO4)c(C)c2-c2nc3ccccc3s2)cc1OC. The Bertz CT molecular complexity index is 1640. The van der Waals surface area contributed by atoms with Crippen LogP contribution in [0.15, 0.2) is 60.7 Å². The van der Waals surface area contributed by atoms with E-state index >= 15 is 0 Å². The van der Waals surface area contributed by atoms with Gasteiger partial charge in [0.25, 0.3) is 5.91 Å². The fraction of sp³-hybridized carbons (Fsp3) is 0.172. The van der Waals surface area contributed by atoms with E-state index in [0.717, 1.165) is 53.3 Å². The summed E-state index contributed by atoms with van der Waals surface area (Å²) in [5.74, 6) is 2.35. The number of carbonyl (C=O) groups is 1. The topological polar surface area (TPSA) is 78.9 Å². The highest BCUT2D eigenvalue weighted by molar-refractivity contribution is 7.23. The molecule has 0 bridgehead atoms. The molecule has 9 heteroatoms. The van der Waals surface area contributed by atoms with Gasteiger partial charge in [0.05, 0.1) is 24.4 Å². The lowest BCUT2D eigenvalue weighted by molar-refractivity contribution is 0.102. The largest absolute Gasteiger partial charge is 0.493 e. The fourth-order valence-corrected chi connectivity index (χ4v) is 6.82. The molecule has 1 amide bonds. The van der Waals surface area contributed by atoms with Crippen molar-refractivity contribution in [1.29, 1.82) is 0 Å². The van der Waals surface area contributed by atoms with Gasteiger partial charge in [-0.15, -0.1) is 22.7 Å². The molecule has 1 N–H and O–H groups in total. The van der Waals surface area contributed by atoms with Crippen molar-refractivity contribution in [3.63, 3.8) is 0 Å². The average Bonchev–Trinajstić information content (AvgIpc) is 3.65. The molecule has 0 atom stereocenters. The zero-order valence-corrected chi connectivity index (χ0v) is 22.6. The maximum Gasteiger partial charge on any atom is 0.256 e. The predicted octanol–water partition coefficient (Wildman–Crippen LogP) is 6.92. The number of aromatic nitrogens is 1. The van der Waals surface area contributed by atoms with Crippen LogP contribution >= 0.6 is 22.7 Å². The van der Waals surface area contributed by atoms with Gasteiger partial charge < -0.3 is 24.3 Å². The molecule has 0 radical (unpaired) electrons. The van der Waals surface area contributed by atoms with Crippen LogP contribution in [-0.4, -0.2) is 31.9 Å². The molecule has 6 rings (SSSR count). The number of amides is 1. The molecule has 0 unspecified atom stereocenters. The molecule has 1 aliphatic heterocycles. The van der Waals surface area contributed by atoms with Crippen molar-refractivity contribution < 1.29 is 23.7 Å². The third kappa shape index (κ3) is 4.44. The summed E-state index contributed by atoms with van der Waals surface area (Å²) in [5, 5.41) is 4.79. The Hall–Kier alpha value is -4.08.